The van der Waals surface area contributed by atoms with Crippen LogP contribution in [0, 0.1) is 18.6 Å². The molecule has 2 amide bonds. The van der Waals surface area contributed by atoms with Crippen molar-refractivity contribution in [3.05, 3.63) is 71.1 Å². The van der Waals surface area contributed by atoms with E-state index in [0.717, 1.165) is 17.0 Å². The predicted molar refractivity (Wildman–Crippen MR) is 114 cm³/mol. The van der Waals surface area contributed by atoms with E-state index < -0.39 is 23.4 Å². The summed E-state index contributed by atoms with van der Waals surface area (Å²) in [4.78, 5) is 32.1. The van der Waals surface area contributed by atoms with Gasteiger partial charge in [-0.1, -0.05) is 0 Å². The number of imide groups is 1. The Bertz CT molecular complexity index is 1480. The van der Waals surface area contributed by atoms with Crippen LogP contribution in [-0.2, 0) is 0 Å². The van der Waals surface area contributed by atoms with E-state index in [1.165, 1.54) is 37.2 Å². The third kappa shape index (κ3) is 2.94. The number of fused-ring (bicyclic) bond motifs is 3. The molecule has 0 saturated carbocycles. The van der Waals surface area contributed by atoms with Gasteiger partial charge in [0.05, 0.1) is 47.8 Å². The lowest BCUT2D eigenvalue weighted by Crippen LogP contribution is -2.29. The fourth-order valence-corrected chi connectivity index (χ4v) is 3.95. The first-order valence-corrected chi connectivity index (χ1v) is 9.80. The van der Waals surface area contributed by atoms with Gasteiger partial charge in [-0.2, -0.15) is 5.10 Å². The van der Waals surface area contributed by atoms with Crippen molar-refractivity contribution in [1.82, 2.24) is 14.8 Å². The number of anilines is 1. The number of ether oxygens (including phenoxy) is 2. The van der Waals surface area contributed by atoms with E-state index >= 15 is 0 Å². The summed E-state index contributed by atoms with van der Waals surface area (Å²) in [6.45, 7) is 1.65. The molecular formula is C23H16F2N4O4. The molecule has 10 heteroatoms. The average molecular weight is 450 g/mol. The Labute approximate surface area is 186 Å². The summed E-state index contributed by atoms with van der Waals surface area (Å²) in [7, 11) is 2.90. The van der Waals surface area contributed by atoms with Gasteiger partial charge in [-0.3, -0.25) is 9.59 Å². The number of carbonyl (C=O) groups excluding carboxylic acids is 2. The smallest absolute Gasteiger partial charge is 0.267 e. The molecule has 0 radical (unpaired) electrons. The Balaban J connectivity index is 1.70. The van der Waals surface area contributed by atoms with Crippen molar-refractivity contribution < 1.29 is 27.8 Å². The van der Waals surface area contributed by atoms with E-state index in [1.54, 1.807) is 19.1 Å². The molecule has 33 heavy (non-hydrogen) atoms. The lowest BCUT2D eigenvalue weighted by molar-refractivity contribution is 0.0925. The molecule has 0 saturated heterocycles. The molecule has 8 nitrogen and oxygen atoms in total. The molecule has 0 aliphatic carbocycles. The van der Waals surface area contributed by atoms with E-state index in [2.05, 4.69) is 10.1 Å². The minimum Gasteiger partial charge on any atom is -0.497 e. The third-order valence-corrected chi connectivity index (χ3v) is 5.50. The number of aryl methyl sites for hydroxylation is 1. The van der Waals surface area contributed by atoms with Crippen molar-refractivity contribution in [2.24, 2.45) is 0 Å². The average Bonchev–Trinajstić information content (AvgIpc) is 3.28. The van der Waals surface area contributed by atoms with Crippen LogP contribution in [0.3, 0.4) is 0 Å². The third-order valence-electron chi connectivity index (χ3n) is 5.50. The van der Waals surface area contributed by atoms with Crippen LogP contribution in [0.5, 0.6) is 11.5 Å². The van der Waals surface area contributed by atoms with E-state index in [-0.39, 0.29) is 28.1 Å². The zero-order valence-corrected chi connectivity index (χ0v) is 17.7. The molecule has 0 unspecified atom stereocenters. The highest BCUT2D eigenvalue weighted by Gasteiger charge is 2.41. The maximum atomic E-state index is 13.8. The summed E-state index contributed by atoms with van der Waals surface area (Å²) in [6.07, 6.45) is 1.28. The maximum absolute atomic E-state index is 13.8. The second kappa shape index (κ2) is 7.37. The van der Waals surface area contributed by atoms with Crippen LogP contribution in [0.4, 0.5) is 14.5 Å². The molecule has 0 atom stereocenters. The van der Waals surface area contributed by atoms with Crippen LogP contribution in [0.2, 0.25) is 0 Å². The zero-order valence-electron chi connectivity index (χ0n) is 17.7. The Morgan fingerprint density at radius 2 is 1.73 bits per heavy atom. The fraction of sp³-hybridized carbons (Fsp3) is 0.130. The summed E-state index contributed by atoms with van der Waals surface area (Å²) >= 11 is 0. The summed E-state index contributed by atoms with van der Waals surface area (Å²) in [5.74, 6) is -2.45. The summed E-state index contributed by atoms with van der Waals surface area (Å²) < 4.78 is 39.1. The minimum atomic E-state index is -1.04. The standard InChI is InChI=1S/C23H16F2N4O4/c1-11-19-20-14(10-26-21(19)29(27-11)12-4-6-15(24)16(25)8-12)22(30)28(23(20)31)17-9-13(32-2)5-7-18(17)33-3/h4-10H,1-3H3. The number of hydrogen-bond donors (Lipinski definition) is 0. The van der Waals surface area contributed by atoms with Gasteiger partial charge in [0.25, 0.3) is 11.8 Å². The lowest BCUT2D eigenvalue weighted by atomic mass is 10.1. The number of rotatable bonds is 4. The van der Waals surface area contributed by atoms with Crippen LogP contribution in [0.25, 0.3) is 16.7 Å². The molecule has 4 aromatic rings. The van der Waals surface area contributed by atoms with Crippen molar-refractivity contribution >= 4 is 28.5 Å². The van der Waals surface area contributed by atoms with Gasteiger partial charge < -0.3 is 9.47 Å². The first-order chi connectivity index (χ1) is 15.8. The lowest BCUT2D eigenvalue weighted by Gasteiger charge is -2.18. The first-order valence-electron chi connectivity index (χ1n) is 9.80. The Morgan fingerprint density at radius 3 is 2.42 bits per heavy atom. The van der Waals surface area contributed by atoms with Crippen LogP contribution in [-0.4, -0.2) is 40.8 Å². The van der Waals surface area contributed by atoms with Gasteiger partial charge in [0.15, 0.2) is 17.3 Å². The number of halogens is 2. The van der Waals surface area contributed by atoms with Crippen molar-refractivity contribution in [1.29, 1.82) is 0 Å². The van der Waals surface area contributed by atoms with E-state index in [9.17, 15) is 18.4 Å². The zero-order chi connectivity index (χ0) is 23.4. The Kier molecular flexibility index (Phi) is 4.59. The molecule has 2 aromatic heterocycles. The number of benzene rings is 2. The number of methoxy groups -OCH3 is 2. The molecule has 0 bridgehead atoms. The second-order valence-corrected chi connectivity index (χ2v) is 7.32. The number of carbonyl (C=O) groups is 2. The number of nitrogens with zero attached hydrogens (tertiary/aromatic N) is 4. The Hall–Kier alpha value is -4.34. The summed E-state index contributed by atoms with van der Waals surface area (Å²) in [6, 6.07) is 8.08. The van der Waals surface area contributed by atoms with Gasteiger partial charge in [0.1, 0.15) is 11.5 Å². The summed E-state index contributed by atoms with van der Waals surface area (Å²) in [5.41, 5.74) is 1.31. The minimum absolute atomic E-state index is 0.102. The molecule has 1 aliphatic rings. The normalized spacial score (nSPS) is 13.1. The van der Waals surface area contributed by atoms with Gasteiger partial charge in [0.2, 0.25) is 0 Å². The molecule has 2 aromatic carbocycles. The number of aromatic nitrogens is 3. The van der Waals surface area contributed by atoms with Crippen molar-refractivity contribution in [2.45, 2.75) is 6.92 Å². The highest BCUT2D eigenvalue weighted by Crippen LogP contribution is 2.39. The van der Waals surface area contributed by atoms with Crippen LogP contribution in [0.1, 0.15) is 26.4 Å². The van der Waals surface area contributed by atoms with Crippen LogP contribution in [0.15, 0.2) is 42.6 Å². The second-order valence-electron chi connectivity index (χ2n) is 7.32. The number of hydrogen-bond acceptors (Lipinski definition) is 6. The molecule has 0 N–H and O–H groups in total. The number of amides is 2. The molecular weight excluding hydrogens is 434 g/mol. The van der Waals surface area contributed by atoms with Gasteiger partial charge in [-0.25, -0.2) is 23.3 Å². The SMILES string of the molecule is COc1ccc(OC)c(N2C(=O)c3cnc4c(c(C)nn4-c4ccc(F)c(F)c4)c3C2=O)c1. The largest absolute Gasteiger partial charge is 0.497 e. The molecule has 0 fully saturated rings. The van der Waals surface area contributed by atoms with Crippen molar-refractivity contribution in [3.63, 3.8) is 0 Å². The predicted octanol–water partition coefficient (Wildman–Crippen LogP) is 3.82. The summed E-state index contributed by atoms with van der Waals surface area (Å²) in [5, 5.41) is 4.71. The fourth-order valence-electron chi connectivity index (χ4n) is 3.95. The molecule has 3 heterocycles. The molecule has 1 aliphatic heterocycles. The molecule has 166 valence electrons. The van der Waals surface area contributed by atoms with Crippen LogP contribution < -0.4 is 14.4 Å². The monoisotopic (exact) mass is 450 g/mol. The van der Waals surface area contributed by atoms with Crippen molar-refractivity contribution in [2.75, 3.05) is 19.1 Å². The Morgan fingerprint density at radius 1 is 0.939 bits per heavy atom. The number of pyridine rings is 1. The quantitative estimate of drug-likeness (QED) is 0.440. The van der Waals surface area contributed by atoms with Gasteiger partial charge in [0, 0.05) is 18.3 Å². The topological polar surface area (TPSA) is 86.6 Å². The van der Waals surface area contributed by atoms with Gasteiger partial charge in [-0.05, 0) is 31.2 Å². The van der Waals surface area contributed by atoms with Gasteiger partial charge >= 0.3 is 0 Å². The highest BCUT2D eigenvalue weighted by molar-refractivity contribution is 6.37. The highest BCUT2D eigenvalue weighted by atomic mass is 19.2. The first kappa shape index (κ1) is 20.6. The van der Waals surface area contributed by atoms with E-state index in [1.807, 2.05) is 0 Å². The van der Waals surface area contributed by atoms with E-state index in [0.29, 0.717) is 22.6 Å². The van der Waals surface area contributed by atoms with Gasteiger partial charge in [-0.15, -0.1) is 0 Å². The van der Waals surface area contributed by atoms with E-state index in [4.69, 9.17) is 9.47 Å². The molecule has 5 rings (SSSR count). The van der Waals surface area contributed by atoms with Crippen molar-refractivity contribution in [3.8, 4) is 17.2 Å². The molecule has 0 spiro atoms. The van der Waals surface area contributed by atoms with Crippen LogP contribution >= 0.6 is 0 Å². The maximum Gasteiger partial charge on any atom is 0.267 e.